The molecule has 5 rings (SSSR count). The van der Waals surface area contributed by atoms with Gasteiger partial charge >= 0.3 is 0 Å². The summed E-state index contributed by atoms with van der Waals surface area (Å²) in [5.74, 6) is -0.622. The van der Waals surface area contributed by atoms with Crippen molar-refractivity contribution >= 4 is 27.5 Å². The Morgan fingerprint density at radius 3 is 2.48 bits per heavy atom. The molecule has 1 atom stereocenters. The van der Waals surface area contributed by atoms with E-state index < -0.39 is 16.1 Å². The molecule has 0 saturated carbocycles. The number of halogens is 1. The van der Waals surface area contributed by atoms with Gasteiger partial charge in [-0.25, -0.2) is 8.42 Å². The summed E-state index contributed by atoms with van der Waals surface area (Å²) >= 11 is 6.35. The van der Waals surface area contributed by atoms with Gasteiger partial charge in [-0.15, -0.1) is 5.10 Å². The lowest BCUT2D eigenvalue weighted by Gasteiger charge is -2.32. The molecule has 0 spiro atoms. The van der Waals surface area contributed by atoms with Gasteiger partial charge in [0.05, 0.1) is 31.7 Å². The lowest BCUT2D eigenvalue weighted by molar-refractivity contribution is -0.136. The van der Waals surface area contributed by atoms with E-state index in [1.165, 1.54) is 4.31 Å². The van der Waals surface area contributed by atoms with E-state index >= 15 is 0 Å². The summed E-state index contributed by atoms with van der Waals surface area (Å²) in [6.07, 6.45) is 2.19. The van der Waals surface area contributed by atoms with Gasteiger partial charge in [0.15, 0.2) is 6.29 Å². The summed E-state index contributed by atoms with van der Waals surface area (Å²) in [5, 5.41) is 9.02. The normalized spacial score (nSPS) is 20.4. The topological polar surface area (TPSA) is 107 Å². The highest BCUT2D eigenvalue weighted by Crippen LogP contribution is 2.29. The Kier molecular flexibility index (Phi) is 8.86. The average molecular weight is 588 g/mol. The van der Waals surface area contributed by atoms with E-state index in [-0.39, 0.29) is 43.5 Å². The number of aryl methyl sites for hydroxylation is 1. The Morgan fingerprint density at radius 2 is 1.77 bits per heavy atom. The van der Waals surface area contributed by atoms with Crippen LogP contribution in [0.25, 0.3) is 11.1 Å². The SMILES string of the molecule is CC(C)C1C(=O)N(Cc2cn(CCC3OCCO3)nn2)CCS(=O)(=O)N1Cc1ccc(-c2ccccc2Cl)cc1. The van der Waals surface area contributed by atoms with Gasteiger partial charge in [-0.2, -0.15) is 4.31 Å². The summed E-state index contributed by atoms with van der Waals surface area (Å²) in [5.41, 5.74) is 3.24. The van der Waals surface area contributed by atoms with Crippen LogP contribution in [0.15, 0.2) is 54.7 Å². The van der Waals surface area contributed by atoms with E-state index in [9.17, 15) is 13.2 Å². The lowest BCUT2D eigenvalue weighted by atomic mass is 10.0. The number of hydrogen-bond acceptors (Lipinski definition) is 7. The van der Waals surface area contributed by atoms with Gasteiger partial charge in [-0.3, -0.25) is 9.48 Å². The number of rotatable bonds is 9. The van der Waals surface area contributed by atoms with E-state index in [4.69, 9.17) is 21.1 Å². The second kappa shape index (κ2) is 12.4. The van der Waals surface area contributed by atoms with E-state index in [1.807, 2.05) is 62.4 Å². The van der Waals surface area contributed by atoms with Gasteiger partial charge in [-0.1, -0.05) is 73.1 Å². The van der Waals surface area contributed by atoms with Crippen LogP contribution in [-0.2, 0) is 43.9 Å². The number of hydrogen-bond donors (Lipinski definition) is 0. The fourth-order valence-corrected chi connectivity index (χ4v) is 7.06. The molecule has 40 heavy (non-hydrogen) atoms. The Morgan fingerprint density at radius 1 is 1.05 bits per heavy atom. The zero-order valence-electron chi connectivity index (χ0n) is 22.6. The third-order valence-corrected chi connectivity index (χ3v) is 9.28. The third kappa shape index (κ3) is 6.55. The van der Waals surface area contributed by atoms with Crippen LogP contribution < -0.4 is 0 Å². The van der Waals surface area contributed by atoms with Gasteiger partial charge < -0.3 is 14.4 Å². The smallest absolute Gasteiger partial charge is 0.241 e. The van der Waals surface area contributed by atoms with Crippen LogP contribution in [0.5, 0.6) is 0 Å². The van der Waals surface area contributed by atoms with Crippen molar-refractivity contribution in [2.45, 2.75) is 52.2 Å². The molecule has 1 aromatic heterocycles. The van der Waals surface area contributed by atoms with Gasteiger partial charge in [0.25, 0.3) is 0 Å². The number of sulfonamides is 1. The van der Waals surface area contributed by atoms with Gasteiger partial charge in [0, 0.05) is 36.6 Å². The van der Waals surface area contributed by atoms with E-state index in [0.717, 1.165) is 16.7 Å². The van der Waals surface area contributed by atoms with Gasteiger partial charge in [0.1, 0.15) is 11.7 Å². The second-order valence-corrected chi connectivity index (χ2v) is 12.9. The third-order valence-electron chi connectivity index (χ3n) is 7.18. The maximum atomic E-state index is 13.8. The molecule has 2 saturated heterocycles. The van der Waals surface area contributed by atoms with Crippen molar-refractivity contribution in [3.05, 3.63) is 71.0 Å². The average Bonchev–Trinajstić information content (AvgIpc) is 3.60. The minimum Gasteiger partial charge on any atom is -0.350 e. The zero-order chi connectivity index (χ0) is 28.3. The van der Waals surface area contributed by atoms with Crippen LogP contribution in [0, 0.1) is 5.92 Å². The first-order valence-electron chi connectivity index (χ1n) is 13.5. The fraction of sp³-hybridized carbons (Fsp3) is 0.464. The van der Waals surface area contributed by atoms with Crippen molar-refractivity contribution in [2.24, 2.45) is 5.92 Å². The zero-order valence-corrected chi connectivity index (χ0v) is 24.2. The van der Waals surface area contributed by atoms with E-state index in [0.29, 0.717) is 36.9 Å². The Balaban J connectivity index is 1.30. The Hall–Kier alpha value is -2.83. The number of aromatic nitrogens is 3. The number of benzene rings is 2. The lowest BCUT2D eigenvalue weighted by Crippen LogP contribution is -2.49. The van der Waals surface area contributed by atoms with Gasteiger partial charge in [0.2, 0.25) is 15.9 Å². The quantitative estimate of drug-likeness (QED) is 0.377. The molecule has 0 N–H and O–H groups in total. The summed E-state index contributed by atoms with van der Waals surface area (Å²) in [7, 11) is -3.71. The van der Waals surface area contributed by atoms with Crippen LogP contribution in [0.2, 0.25) is 5.02 Å². The van der Waals surface area contributed by atoms with Crippen molar-refractivity contribution in [3.63, 3.8) is 0 Å². The second-order valence-electron chi connectivity index (χ2n) is 10.4. The first-order chi connectivity index (χ1) is 19.2. The molecule has 2 aliphatic rings. The van der Waals surface area contributed by atoms with E-state index in [2.05, 4.69) is 10.3 Å². The summed E-state index contributed by atoms with van der Waals surface area (Å²) in [6, 6.07) is 14.4. The van der Waals surface area contributed by atoms with Crippen molar-refractivity contribution < 1.29 is 22.7 Å². The highest BCUT2D eigenvalue weighted by molar-refractivity contribution is 7.89. The van der Waals surface area contributed by atoms with Crippen LogP contribution in [0.1, 0.15) is 31.5 Å². The molecule has 3 aromatic rings. The van der Waals surface area contributed by atoms with Crippen molar-refractivity contribution in [1.29, 1.82) is 0 Å². The molecule has 0 bridgehead atoms. The summed E-state index contributed by atoms with van der Waals surface area (Å²) < 4.78 is 41.0. The molecule has 10 nitrogen and oxygen atoms in total. The molecule has 214 valence electrons. The molecule has 2 aromatic carbocycles. The van der Waals surface area contributed by atoms with Crippen molar-refractivity contribution in [2.75, 3.05) is 25.5 Å². The highest BCUT2D eigenvalue weighted by Gasteiger charge is 2.42. The fourth-order valence-electron chi connectivity index (χ4n) is 5.10. The molecule has 1 amide bonds. The molecule has 2 fully saturated rings. The molecule has 0 radical (unpaired) electrons. The Bertz CT molecular complexity index is 1420. The number of amides is 1. The number of nitrogens with zero attached hydrogens (tertiary/aromatic N) is 5. The van der Waals surface area contributed by atoms with Crippen molar-refractivity contribution in [3.8, 4) is 11.1 Å². The maximum Gasteiger partial charge on any atom is 0.241 e. The summed E-state index contributed by atoms with van der Waals surface area (Å²) in [6.45, 7) is 5.88. The van der Waals surface area contributed by atoms with Crippen LogP contribution in [0.3, 0.4) is 0 Å². The molecular weight excluding hydrogens is 554 g/mol. The molecule has 0 aliphatic carbocycles. The first-order valence-corrected chi connectivity index (χ1v) is 15.4. The van der Waals surface area contributed by atoms with Crippen molar-refractivity contribution in [1.82, 2.24) is 24.2 Å². The van der Waals surface area contributed by atoms with Crippen LogP contribution >= 0.6 is 11.6 Å². The molecule has 3 heterocycles. The first kappa shape index (κ1) is 28.7. The largest absolute Gasteiger partial charge is 0.350 e. The molecule has 1 unspecified atom stereocenters. The number of carbonyl (C=O) groups excluding carboxylic acids is 1. The minimum absolute atomic E-state index is 0.0863. The number of ether oxygens (including phenoxy) is 2. The minimum atomic E-state index is -3.71. The van der Waals surface area contributed by atoms with Gasteiger partial charge in [-0.05, 0) is 23.1 Å². The maximum absolute atomic E-state index is 13.8. The van der Waals surface area contributed by atoms with Crippen LogP contribution in [-0.4, -0.2) is 76.4 Å². The molecule has 12 heteroatoms. The molecular formula is C28H34ClN5O5S. The predicted molar refractivity (Wildman–Crippen MR) is 151 cm³/mol. The Labute approximate surface area is 239 Å². The monoisotopic (exact) mass is 587 g/mol. The highest BCUT2D eigenvalue weighted by atomic mass is 35.5. The predicted octanol–water partition coefficient (Wildman–Crippen LogP) is 3.56. The number of carbonyl (C=O) groups is 1. The van der Waals surface area contributed by atoms with Crippen LogP contribution in [0.4, 0.5) is 0 Å². The summed E-state index contributed by atoms with van der Waals surface area (Å²) in [4.78, 5) is 15.4. The molecule has 2 aliphatic heterocycles. The standard InChI is InChI=1S/C28H34ClN5O5S/c1-20(2)27-28(35)32(18-23-19-33(31-30-23)12-11-26-38-14-15-39-26)13-16-40(36,37)34(27)17-21-7-9-22(10-8-21)24-5-3-4-6-25(24)29/h3-10,19-20,26-27H,11-18H2,1-2H3. The van der Waals surface area contributed by atoms with E-state index in [1.54, 1.807) is 15.8 Å².